The van der Waals surface area contributed by atoms with Crippen molar-refractivity contribution in [2.75, 3.05) is 19.0 Å². The predicted octanol–water partition coefficient (Wildman–Crippen LogP) is 3.97. The minimum absolute atomic E-state index is 0.0142. The molecule has 30 heavy (non-hydrogen) atoms. The smallest absolute Gasteiger partial charge is 0.497 e. The largest absolute Gasteiger partial charge is 0.573 e. The zero-order chi connectivity index (χ0) is 21.9. The number of nitrogens with one attached hydrogen (secondary N) is 1. The summed E-state index contributed by atoms with van der Waals surface area (Å²) in [5, 5.41) is 2.77. The van der Waals surface area contributed by atoms with Gasteiger partial charge in [-0.15, -0.1) is 19.8 Å². The third kappa shape index (κ3) is 4.45. The molecule has 1 N–H and O–H groups in total. The van der Waals surface area contributed by atoms with E-state index in [9.17, 15) is 22.8 Å². The van der Waals surface area contributed by atoms with Crippen LogP contribution in [0.2, 0.25) is 0 Å². The fourth-order valence-electron chi connectivity index (χ4n) is 2.93. The molecule has 0 radical (unpaired) electrons. The van der Waals surface area contributed by atoms with E-state index in [4.69, 9.17) is 4.74 Å². The summed E-state index contributed by atoms with van der Waals surface area (Å²) in [4.78, 5) is 26.7. The molecular formula is C21H17F3N2O4. The molecule has 3 rings (SSSR count). The van der Waals surface area contributed by atoms with Crippen molar-refractivity contribution in [2.24, 2.45) is 0 Å². The molecule has 0 atom stereocenters. The third-order valence-electron chi connectivity index (χ3n) is 4.20. The van der Waals surface area contributed by atoms with Crippen LogP contribution >= 0.6 is 0 Å². The standard InChI is InChI=1S/C21H17F3N2O4/c1-3-11-26-19(27)17(13-7-9-15(29-2)10-8-13)18(20(26)28)25-14-5-4-6-16(12-14)30-21(22,23)24/h3-10,12,25H,1,11H2,2H3. The van der Waals surface area contributed by atoms with E-state index in [0.29, 0.717) is 11.3 Å². The molecule has 9 heteroatoms. The summed E-state index contributed by atoms with van der Waals surface area (Å²) < 4.78 is 46.5. The molecule has 6 nitrogen and oxygen atoms in total. The van der Waals surface area contributed by atoms with Gasteiger partial charge in [-0.05, 0) is 29.8 Å². The van der Waals surface area contributed by atoms with E-state index < -0.39 is 23.9 Å². The second-order valence-corrected chi connectivity index (χ2v) is 6.19. The van der Waals surface area contributed by atoms with Crippen molar-refractivity contribution >= 4 is 23.1 Å². The lowest BCUT2D eigenvalue weighted by Gasteiger charge is -2.13. The Hall–Kier alpha value is -3.75. The summed E-state index contributed by atoms with van der Waals surface area (Å²) in [5.74, 6) is -1.06. The molecule has 0 saturated heterocycles. The molecule has 0 unspecified atom stereocenters. The number of rotatable bonds is 7. The molecule has 0 bridgehead atoms. The Bertz CT molecular complexity index is 1010. The van der Waals surface area contributed by atoms with Crippen molar-refractivity contribution < 1.29 is 32.2 Å². The molecule has 0 fully saturated rings. The van der Waals surface area contributed by atoms with Crippen LogP contribution in [0.5, 0.6) is 11.5 Å². The molecule has 2 aromatic carbocycles. The number of benzene rings is 2. The number of carbonyl (C=O) groups is 2. The van der Waals surface area contributed by atoms with Gasteiger partial charge in [0.15, 0.2) is 0 Å². The zero-order valence-electron chi connectivity index (χ0n) is 15.8. The molecule has 156 valence electrons. The van der Waals surface area contributed by atoms with Gasteiger partial charge in [0.05, 0.1) is 12.7 Å². The Balaban J connectivity index is 2.01. The topological polar surface area (TPSA) is 67.9 Å². The Kier molecular flexibility index (Phi) is 5.81. The summed E-state index contributed by atoms with van der Waals surface area (Å²) in [6, 6.07) is 11.5. The van der Waals surface area contributed by atoms with Gasteiger partial charge in [-0.25, -0.2) is 0 Å². The van der Waals surface area contributed by atoms with Gasteiger partial charge >= 0.3 is 6.36 Å². The van der Waals surface area contributed by atoms with E-state index >= 15 is 0 Å². The Morgan fingerprint density at radius 3 is 2.37 bits per heavy atom. The van der Waals surface area contributed by atoms with Crippen LogP contribution in [0.15, 0.2) is 66.9 Å². The zero-order valence-corrected chi connectivity index (χ0v) is 15.8. The maximum atomic E-state index is 12.9. The number of alkyl halides is 3. The summed E-state index contributed by atoms with van der Waals surface area (Å²) >= 11 is 0. The van der Waals surface area contributed by atoms with Gasteiger partial charge in [0.25, 0.3) is 11.8 Å². The second-order valence-electron chi connectivity index (χ2n) is 6.19. The highest BCUT2D eigenvalue weighted by atomic mass is 19.4. The number of halogens is 3. The Morgan fingerprint density at radius 2 is 1.77 bits per heavy atom. The number of carbonyl (C=O) groups excluding carboxylic acids is 2. The normalized spacial score (nSPS) is 14.2. The molecule has 0 aromatic heterocycles. The first-order valence-corrected chi connectivity index (χ1v) is 8.72. The minimum Gasteiger partial charge on any atom is -0.497 e. The van der Waals surface area contributed by atoms with Crippen LogP contribution in [0.25, 0.3) is 5.57 Å². The van der Waals surface area contributed by atoms with Gasteiger partial charge in [-0.3, -0.25) is 14.5 Å². The lowest BCUT2D eigenvalue weighted by molar-refractivity contribution is -0.274. The first-order valence-electron chi connectivity index (χ1n) is 8.72. The van der Waals surface area contributed by atoms with Gasteiger partial charge in [-0.1, -0.05) is 24.3 Å². The SMILES string of the molecule is C=CCN1C(=O)C(Nc2cccc(OC(F)(F)F)c2)=C(c2ccc(OC)cc2)C1=O. The fraction of sp³-hybridized carbons (Fsp3) is 0.143. The van der Waals surface area contributed by atoms with Crippen LogP contribution in [-0.2, 0) is 9.59 Å². The highest BCUT2D eigenvalue weighted by Crippen LogP contribution is 2.32. The molecular weight excluding hydrogens is 401 g/mol. The highest BCUT2D eigenvalue weighted by molar-refractivity contribution is 6.36. The van der Waals surface area contributed by atoms with Crippen LogP contribution in [0.3, 0.4) is 0 Å². The van der Waals surface area contributed by atoms with Crippen LogP contribution in [0.1, 0.15) is 5.56 Å². The first kappa shape index (κ1) is 21.0. The molecule has 2 amide bonds. The third-order valence-corrected chi connectivity index (χ3v) is 4.20. The van der Waals surface area contributed by atoms with Crippen molar-refractivity contribution in [1.82, 2.24) is 4.90 Å². The lowest BCUT2D eigenvalue weighted by Crippen LogP contribution is -2.32. The van der Waals surface area contributed by atoms with Crippen LogP contribution in [0.4, 0.5) is 18.9 Å². The van der Waals surface area contributed by atoms with E-state index in [1.807, 2.05) is 0 Å². The maximum absolute atomic E-state index is 12.9. The number of amides is 2. The molecule has 1 aliphatic rings. The number of nitrogens with zero attached hydrogens (tertiary/aromatic N) is 1. The van der Waals surface area contributed by atoms with Crippen molar-refractivity contribution in [3.63, 3.8) is 0 Å². The van der Waals surface area contributed by atoms with Crippen molar-refractivity contribution in [3.8, 4) is 11.5 Å². The number of hydrogen-bond donors (Lipinski definition) is 1. The van der Waals surface area contributed by atoms with Crippen molar-refractivity contribution in [3.05, 3.63) is 72.4 Å². The number of methoxy groups -OCH3 is 1. The summed E-state index contributed by atoms with van der Waals surface area (Å²) in [6.45, 7) is 3.53. The van der Waals surface area contributed by atoms with Gasteiger partial charge in [0.1, 0.15) is 17.2 Å². The van der Waals surface area contributed by atoms with Gasteiger partial charge < -0.3 is 14.8 Å². The van der Waals surface area contributed by atoms with Crippen molar-refractivity contribution in [2.45, 2.75) is 6.36 Å². The Labute approximate surface area is 170 Å². The number of hydrogen-bond acceptors (Lipinski definition) is 5. The summed E-state index contributed by atoms with van der Waals surface area (Å²) in [6.07, 6.45) is -3.45. The Morgan fingerprint density at radius 1 is 1.07 bits per heavy atom. The predicted molar refractivity (Wildman–Crippen MR) is 104 cm³/mol. The molecule has 0 spiro atoms. The average Bonchev–Trinajstić information content (AvgIpc) is 2.92. The van der Waals surface area contributed by atoms with Gasteiger partial charge in [0, 0.05) is 18.3 Å². The summed E-state index contributed by atoms with van der Waals surface area (Å²) in [7, 11) is 1.49. The van der Waals surface area contributed by atoms with E-state index in [0.717, 1.165) is 17.0 Å². The molecule has 0 aliphatic carbocycles. The molecule has 1 aliphatic heterocycles. The van der Waals surface area contributed by atoms with Crippen molar-refractivity contribution in [1.29, 1.82) is 0 Å². The van der Waals surface area contributed by atoms with E-state index in [1.165, 1.54) is 25.3 Å². The van der Waals surface area contributed by atoms with Crippen LogP contribution in [0, 0.1) is 0 Å². The number of imide groups is 1. The lowest BCUT2D eigenvalue weighted by atomic mass is 10.0. The van der Waals surface area contributed by atoms with Crippen LogP contribution < -0.4 is 14.8 Å². The fourth-order valence-corrected chi connectivity index (χ4v) is 2.93. The number of anilines is 1. The number of ether oxygens (including phenoxy) is 2. The molecule has 0 saturated carbocycles. The van der Waals surface area contributed by atoms with E-state index in [1.54, 1.807) is 24.3 Å². The first-order chi connectivity index (χ1) is 14.2. The van der Waals surface area contributed by atoms with Crippen LogP contribution in [-0.4, -0.2) is 36.7 Å². The average molecular weight is 418 g/mol. The van der Waals surface area contributed by atoms with Gasteiger partial charge in [0.2, 0.25) is 0 Å². The van der Waals surface area contributed by atoms with E-state index in [2.05, 4.69) is 16.6 Å². The quantitative estimate of drug-likeness (QED) is 0.544. The second kappa shape index (κ2) is 8.32. The maximum Gasteiger partial charge on any atom is 0.573 e. The minimum atomic E-state index is -4.86. The molecule has 2 aromatic rings. The summed E-state index contributed by atoms with van der Waals surface area (Å²) in [5.41, 5.74) is 0.632. The highest BCUT2D eigenvalue weighted by Gasteiger charge is 2.38. The van der Waals surface area contributed by atoms with E-state index in [-0.39, 0.29) is 23.5 Å². The molecule has 1 heterocycles. The van der Waals surface area contributed by atoms with Gasteiger partial charge in [-0.2, -0.15) is 0 Å². The monoisotopic (exact) mass is 418 g/mol.